The number of hydrogen-bond acceptors (Lipinski definition) is 3. The number of benzene rings is 1. The molecule has 0 bridgehead atoms. The molecule has 1 aromatic heterocycles. The van der Waals surface area contributed by atoms with Gasteiger partial charge in [0.25, 0.3) is 5.91 Å². The maximum absolute atomic E-state index is 12.4. The SMILES string of the molecule is O=C(NCC1(C(=O)O)CCCCC1)c1cccc(-c2ccoc2)c1. The molecule has 1 aliphatic rings. The number of carbonyl (C=O) groups is 2. The molecule has 126 valence electrons. The summed E-state index contributed by atoms with van der Waals surface area (Å²) in [6.45, 7) is 0.178. The first-order chi connectivity index (χ1) is 11.6. The number of amides is 1. The van der Waals surface area contributed by atoms with Crippen LogP contribution >= 0.6 is 0 Å². The van der Waals surface area contributed by atoms with Gasteiger partial charge in [-0.2, -0.15) is 0 Å². The lowest BCUT2D eigenvalue weighted by Gasteiger charge is -2.33. The number of furan rings is 1. The Morgan fingerprint density at radius 2 is 1.92 bits per heavy atom. The predicted molar refractivity (Wildman–Crippen MR) is 89.6 cm³/mol. The highest BCUT2D eigenvalue weighted by molar-refractivity contribution is 5.95. The minimum absolute atomic E-state index is 0.178. The molecule has 3 rings (SSSR count). The first-order valence-electron chi connectivity index (χ1n) is 8.25. The van der Waals surface area contributed by atoms with Crippen molar-refractivity contribution in [2.75, 3.05) is 6.54 Å². The van der Waals surface area contributed by atoms with Crippen LogP contribution in [0.15, 0.2) is 47.3 Å². The van der Waals surface area contributed by atoms with Crippen LogP contribution in [0.2, 0.25) is 0 Å². The van der Waals surface area contributed by atoms with Crippen molar-refractivity contribution in [1.82, 2.24) is 5.32 Å². The molecule has 1 aromatic carbocycles. The van der Waals surface area contributed by atoms with Gasteiger partial charge in [-0.3, -0.25) is 9.59 Å². The molecule has 0 saturated heterocycles. The number of carbonyl (C=O) groups excluding carboxylic acids is 1. The van der Waals surface area contributed by atoms with Crippen molar-refractivity contribution in [3.63, 3.8) is 0 Å². The fourth-order valence-corrected chi connectivity index (χ4v) is 3.32. The normalized spacial score (nSPS) is 16.5. The summed E-state index contributed by atoms with van der Waals surface area (Å²) in [6, 6.07) is 9.06. The summed E-state index contributed by atoms with van der Waals surface area (Å²) in [5.74, 6) is -1.05. The highest BCUT2D eigenvalue weighted by Gasteiger charge is 2.39. The van der Waals surface area contributed by atoms with E-state index in [9.17, 15) is 14.7 Å². The maximum atomic E-state index is 12.4. The topological polar surface area (TPSA) is 79.5 Å². The lowest BCUT2D eigenvalue weighted by Crippen LogP contribution is -2.44. The summed E-state index contributed by atoms with van der Waals surface area (Å²) in [6.07, 6.45) is 7.32. The third-order valence-corrected chi connectivity index (χ3v) is 4.83. The van der Waals surface area contributed by atoms with Gasteiger partial charge >= 0.3 is 5.97 Å². The summed E-state index contributed by atoms with van der Waals surface area (Å²) in [7, 11) is 0. The van der Waals surface area contributed by atoms with E-state index >= 15 is 0 Å². The fraction of sp³-hybridized carbons (Fsp3) is 0.368. The summed E-state index contributed by atoms with van der Waals surface area (Å²) in [5.41, 5.74) is 1.49. The first-order valence-corrected chi connectivity index (χ1v) is 8.25. The Morgan fingerprint density at radius 3 is 2.58 bits per heavy atom. The summed E-state index contributed by atoms with van der Waals surface area (Å²) < 4.78 is 5.07. The van der Waals surface area contributed by atoms with Crippen LogP contribution in [0.4, 0.5) is 0 Å². The highest BCUT2D eigenvalue weighted by atomic mass is 16.4. The molecule has 0 radical (unpaired) electrons. The smallest absolute Gasteiger partial charge is 0.311 e. The average Bonchev–Trinajstić information content (AvgIpc) is 3.15. The Morgan fingerprint density at radius 1 is 1.12 bits per heavy atom. The number of hydrogen-bond donors (Lipinski definition) is 2. The van der Waals surface area contributed by atoms with Crippen LogP contribution in [-0.4, -0.2) is 23.5 Å². The van der Waals surface area contributed by atoms with Gasteiger partial charge in [0.1, 0.15) is 0 Å². The molecule has 1 saturated carbocycles. The van der Waals surface area contributed by atoms with Crippen molar-refractivity contribution in [3.8, 4) is 11.1 Å². The van der Waals surface area contributed by atoms with Gasteiger partial charge in [0.2, 0.25) is 0 Å². The van der Waals surface area contributed by atoms with E-state index in [0.717, 1.165) is 30.4 Å². The van der Waals surface area contributed by atoms with E-state index in [-0.39, 0.29) is 12.5 Å². The van der Waals surface area contributed by atoms with Gasteiger partial charge in [-0.1, -0.05) is 31.4 Å². The van der Waals surface area contributed by atoms with Crippen LogP contribution in [0, 0.1) is 5.41 Å². The van der Waals surface area contributed by atoms with Gasteiger partial charge in [-0.15, -0.1) is 0 Å². The summed E-state index contributed by atoms with van der Waals surface area (Å²) in [5, 5.41) is 12.4. The van der Waals surface area contributed by atoms with E-state index in [4.69, 9.17) is 4.42 Å². The van der Waals surface area contributed by atoms with Crippen molar-refractivity contribution in [3.05, 3.63) is 48.4 Å². The predicted octanol–water partition coefficient (Wildman–Crippen LogP) is 3.71. The Hall–Kier alpha value is -2.56. The monoisotopic (exact) mass is 327 g/mol. The molecule has 5 nitrogen and oxygen atoms in total. The first kappa shape index (κ1) is 16.3. The zero-order valence-electron chi connectivity index (χ0n) is 13.5. The molecule has 1 amide bonds. The molecule has 24 heavy (non-hydrogen) atoms. The van der Waals surface area contributed by atoms with Crippen LogP contribution in [0.1, 0.15) is 42.5 Å². The summed E-state index contributed by atoms with van der Waals surface area (Å²) >= 11 is 0. The molecule has 5 heteroatoms. The minimum Gasteiger partial charge on any atom is -0.481 e. The minimum atomic E-state index is -0.823. The van der Waals surface area contributed by atoms with E-state index in [1.165, 1.54) is 0 Å². The Bertz CT molecular complexity index is 715. The lowest BCUT2D eigenvalue weighted by molar-refractivity contribution is -0.150. The molecule has 0 spiro atoms. The molecular formula is C19H21NO4. The van der Waals surface area contributed by atoms with Crippen molar-refractivity contribution in [2.24, 2.45) is 5.41 Å². The van der Waals surface area contributed by atoms with E-state index in [0.29, 0.717) is 18.4 Å². The van der Waals surface area contributed by atoms with Gasteiger partial charge in [-0.05, 0) is 36.6 Å². The zero-order chi connectivity index (χ0) is 17.0. The molecule has 0 atom stereocenters. The molecule has 1 fully saturated rings. The van der Waals surface area contributed by atoms with Crippen LogP contribution < -0.4 is 5.32 Å². The van der Waals surface area contributed by atoms with Crippen LogP contribution in [0.25, 0.3) is 11.1 Å². The second kappa shape index (κ2) is 6.91. The van der Waals surface area contributed by atoms with Crippen molar-refractivity contribution in [1.29, 1.82) is 0 Å². The molecule has 1 aliphatic carbocycles. The maximum Gasteiger partial charge on any atom is 0.311 e. The third kappa shape index (κ3) is 3.35. The van der Waals surface area contributed by atoms with Gasteiger partial charge in [0, 0.05) is 17.7 Å². The largest absolute Gasteiger partial charge is 0.481 e. The van der Waals surface area contributed by atoms with Gasteiger partial charge in [-0.25, -0.2) is 0 Å². The Balaban J connectivity index is 1.71. The standard InChI is InChI=1S/C19H21NO4/c21-17(20-13-19(18(22)23)8-2-1-3-9-19)15-6-4-5-14(11-15)16-7-10-24-12-16/h4-7,10-12H,1-3,8-9,13H2,(H,20,21)(H,22,23). The molecule has 2 N–H and O–H groups in total. The van der Waals surface area contributed by atoms with Crippen molar-refractivity contribution >= 4 is 11.9 Å². The van der Waals surface area contributed by atoms with Gasteiger partial charge in [0.15, 0.2) is 0 Å². The molecule has 0 unspecified atom stereocenters. The number of aliphatic carboxylic acids is 1. The third-order valence-electron chi connectivity index (χ3n) is 4.83. The number of carboxylic acids is 1. The Labute approximate surface area is 140 Å². The highest BCUT2D eigenvalue weighted by Crippen LogP contribution is 2.36. The molecular weight excluding hydrogens is 306 g/mol. The lowest BCUT2D eigenvalue weighted by atomic mass is 9.74. The number of nitrogens with one attached hydrogen (secondary N) is 1. The van der Waals surface area contributed by atoms with E-state index < -0.39 is 11.4 Å². The quantitative estimate of drug-likeness (QED) is 0.877. The van der Waals surface area contributed by atoms with E-state index in [2.05, 4.69) is 5.32 Å². The fourth-order valence-electron chi connectivity index (χ4n) is 3.32. The van der Waals surface area contributed by atoms with Gasteiger partial charge < -0.3 is 14.8 Å². The molecule has 0 aliphatic heterocycles. The van der Waals surface area contributed by atoms with Crippen LogP contribution in [0.5, 0.6) is 0 Å². The number of carboxylic acid groups (broad SMARTS) is 1. The molecule has 1 heterocycles. The Kier molecular flexibility index (Phi) is 4.69. The van der Waals surface area contributed by atoms with Gasteiger partial charge in [0.05, 0.1) is 17.9 Å². The van der Waals surface area contributed by atoms with Crippen LogP contribution in [0.3, 0.4) is 0 Å². The summed E-state index contributed by atoms with van der Waals surface area (Å²) in [4.78, 5) is 24.1. The van der Waals surface area contributed by atoms with Crippen LogP contribution in [-0.2, 0) is 4.79 Å². The second-order valence-corrected chi connectivity index (χ2v) is 6.42. The van der Waals surface area contributed by atoms with Crippen molar-refractivity contribution in [2.45, 2.75) is 32.1 Å². The van der Waals surface area contributed by atoms with E-state index in [1.807, 2.05) is 18.2 Å². The van der Waals surface area contributed by atoms with E-state index in [1.54, 1.807) is 24.7 Å². The number of rotatable bonds is 5. The van der Waals surface area contributed by atoms with Crippen molar-refractivity contribution < 1.29 is 19.1 Å². The zero-order valence-corrected chi connectivity index (χ0v) is 13.5. The average molecular weight is 327 g/mol. The second-order valence-electron chi connectivity index (χ2n) is 6.42. The molecule has 2 aromatic rings.